The third-order valence-corrected chi connectivity index (χ3v) is 7.61. The number of fused-ring (bicyclic) bond motifs is 5. The molecule has 0 radical (unpaired) electrons. The summed E-state index contributed by atoms with van der Waals surface area (Å²) in [6.07, 6.45) is 1.31. The van der Waals surface area contributed by atoms with E-state index >= 15 is 0 Å². The molecule has 178 valence electrons. The number of carbonyl (C=O) groups is 2. The van der Waals surface area contributed by atoms with E-state index in [1.807, 2.05) is 6.07 Å². The predicted octanol–water partition coefficient (Wildman–Crippen LogP) is 3.89. The summed E-state index contributed by atoms with van der Waals surface area (Å²) in [6.45, 7) is 8.50. The van der Waals surface area contributed by atoms with Crippen LogP contribution in [0.15, 0.2) is 18.2 Å². The van der Waals surface area contributed by atoms with Crippen LogP contribution in [-0.4, -0.2) is 33.9 Å². The maximum absolute atomic E-state index is 12.4. The highest BCUT2D eigenvalue weighted by atomic mass is 16.5. The molecule has 0 amide bonds. The standard InChI is InChI=1S/C27H34O6/c1-6-10-27(31)11-9-18-20-14-23(32-15(2)28)21-12-16(33-25(30)26(3,4)5)7-8-17(21)19(20)13-22(29)24(18)27/h7-8,12,18-20,22-24,29,31H,9,11,13-14H2,1-5H3/t18-,19+,20-,22+,23+,24?,27-/m1/s1. The molecule has 6 nitrogen and oxygen atoms in total. The largest absolute Gasteiger partial charge is 0.458 e. The van der Waals surface area contributed by atoms with Crippen molar-refractivity contribution in [3.05, 3.63) is 29.3 Å². The van der Waals surface area contributed by atoms with Crippen LogP contribution in [-0.2, 0) is 14.3 Å². The summed E-state index contributed by atoms with van der Waals surface area (Å²) >= 11 is 0. The molecule has 1 aromatic carbocycles. The van der Waals surface area contributed by atoms with Crippen LogP contribution in [0, 0.1) is 35.0 Å². The van der Waals surface area contributed by atoms with Crippen LogP contribution < -0.4 is 4.74 Å². The number of hydrogen-bond donors (Lipinski definition) is 2. The van der Waals surface area contributed by atoms with Gasteiger partial charge in [-0.05, 0) is 94.4 Å². The van der Waals surface area contributed by atoms with Gasteiger partial charge in [0.15, 0.2) is 0 Å². The van der Waals surface area contributed by atoms with Gasteiger partial charge in [0.1, 0.15) is 17.5 Å². The molecule has 2 N–H and O–H groups in total. The van der Waals surface area contributed by atoms with Gasteiger partial charge < -0.3 is 19.7 Å². The first kappa shape index (κ1) is 23.8. The molecule has 2 fully saturated rings. The van der Waals surface area contributed by atoms with Gasteiger partial charge in [0.25, 0.3) is 0 Å². The molecule has 4 rings (SSSR count). The summed E-state index contributed by atoms with van der Waals surface area (Å²) in [5.74, 6) is 5.53. The molecule has 33 heavy (non-hydrogen) atoms. The van der Waals surface area contributed by atoms with E-state index in [9.17, 15) is 19.8 Å². The van der Waals surface area contributed by atoms with Gasteiger partial charge >= 0.3 is 11.9 Å². The van der Waals surface area contributed by atoms with Crippen LogP contribution >= 0.6 is 0 Å². The van der Waals surface area contributed by atoms with Crippen molar-refractivity contribution >= 4 is 11.9 Å². The highest BCUT2D eigenvalue weighted by Crippen LogP contribution is 2.60. The average molecular weight is 455 g/mol. The van der Waals surface area contributed by atoms with Crippen LogP contribution in [0.1, 0.15) is 83.5 Å². The lowest BCUT2D eigenvalue weighted by Gasteiger charge is -2.49. The average Bonchev–Trinajstić information content (AvgIpc) is 3.06. The zero-order valence-electron chi connectivity index (χ0n) is 20.1. The molecular weight excluding hydrogens is 420 g/mol. The van der Waals surface area contributed by atoms with Gasteiger partial charge in [0.2, 0.25) is 0 Å². The lowest BCUT2D eigenvalue weighted by Crippen LogP contribution is -2.50. The Labute approximate surface area is 195 Å². The molecule has 0 heterocycles. The Morgan fingerprint density at radius 2 is 1.88 bits per heavy atom. The highest BCUT2D eigenvalue weighted by Gasteiger charge is 2.58. The minimum Gasteiger partial charge on any atom is -0.458 e. The summed E-state index contributed by atoms with van der Waals surface area (Å²) in [5.41, 5.74) is 0.0336. The first-order valence-corrected chi connectivity index (χ1v) is 11.8. The quantitative estimate of drug-likeness (QED) is 0.400. The van der Waals surface area contributed by atoms with Gasteiger partial charge in [0.05, 0.1) is 11.5 Å². The molecule has 2 saturated carbocycles. The van der Waals surface area contributed by atoms with Crippen LogP contribution in [0.4, 0.5) is 0 Å². The van der Waals surface area contributed by atoms with E-state index in [4.69, 9.17) is 9.47 Å². The number of esters is 2. The topological polar surface area (TPSA) is 93.1 Å². The van der Waals surface area contributed by atoms with Crippen LogP contribution in [0.3, 0.4) is 0 Å². The van der Waals surface area contributed by atoms with Gasteiger partial charge in [-0.2, -0.15) is 0 Å². The molecule has 0 bridgehead atoms. The smallest absolute Gasteiger partial charge is 0.316 e. The maximum Gasteiger partial charge on any atom is 0.316 e. The van der Waals surface area contributed by atoms with Crippen molar-refractivity contribution < 1.29 is 29.3 Å². The minimum absolute atomic E-state index is 0.0763. The van der Waals surface area contributed by atoms with E-state index in [1.54, 1.807) is 39.8 Å². The second-order valence-electron chi connectivity index (χ2n) is 10.9. The summed E-state index contributed by atoms with van der Waals surface area (Å²) < 4.78 is 11.3. The van der Waals surface area contributed by atoms with Crippen molar-refractivity contribution in [2.45, 2.75) is 84.0 Å². The summed E-state index contributed by atoms with van der Waals surface area (Å²) in [6, 6.07) is 5.52. The van der Waals surface area contributed by atoms with Crippen LogP contribution in [0.2, 0.25) is 0 Å². The molecule has 0 saturated heterocycles. The first-order chi connectivity index (χ1) is 15.4. The van der Waals surface area contributed by atoms with Crippen molar-refractivity contribution in [2.24, 2.45) is 23.2 Å². The van der Waals surface area contributed by atoms with Crippen molar-refractivity contribution in [3.8, 4) is 17.6 Å². The van der Waals surface area contributed by atoms with E-state index < -0.39 is 23.2 Å². The Hall–Kier alpha value is -2.36. The summed E-state index contributed by atoms with van der Waals surface area (Å²) in [7, 11) is 0. The van der Waals surface area contributed by atoms with Crippen molar-refractivity contribution in [1.29, 1.82) is 0 Å². The van der Waals surface area contributed by atoms with Crippen LogP contribution in [0.5, 0.6) is 5.75 Å². The van der Waals surface area contributed by atoms with E-state index in [0.717, 1.165) is 17.5 Å². The Morgan fingerprint density at radius 3 is 2.52 bits per heavy atom. The molecule has 6 heteroatoms. The number of rotatable bonds is 2. The van der Waals surface area contributed by atoms with Gasteiger partial charge in [0, 0.05) is 12.8 Å². The zero-order chi connectivity index (χ0) is 24.1. The van der Waals surface area contributed by atoms with E-state index in [0.29, 0.717) is 25.0 Å². The summed E-state index contributed by atoms with van der Waals surface area (Å²) in [5, 5.41) is 22.3. The number of ether oxygens (including phenoxy) is 2. The third-order valence-electron chi connectivity index (χ3n) is 7.61. The minimum atomic E-state index is -1.17. The second-order valence-corrected chi connectivity index (χ2v) is 10.9. The molecule has 0 aliphatic heterocycles. The maximum atomic E-state index is 12.4. The van der Waals surface area contributed by atoms with Crippen molar-refractivity contribution in [1.82, 2.24) is 0 Å². The van der Waals surface area contributed by atoms with E-state index in [2.05, 4.69) is 11.8 Å². The SMILES string of the molecule is CC#C[C@@]1(O)CC[C@H]2C1[C@@H](O)C[C@H]1c3ccc(OC(=O)C(C)(C)C)cc3[C@@H](OC(C)=O)C[C@@H]12. The highest BCUT2D eigenvalue weighted by molar-refractivity contribution is 5.78. The number of hydrogen-bond acceptors (Lipinski definition) is 6. The van der Waals surface area contributed by atoms with Gasteiger partial charge in [-0.1, -0.05) is 12.0 Å². The monoisotopic (exact) mass is 454 g/mol. The molecule has 3 aliphatic carbocycles. The normalized spacial score (nSPS) is 34.8. The Balaban J connectivity index is 1.71. The van der Waals surface area contributed by atoms with Gasteiger partial charge in [-0.15, -0.1) is 5.92 Å². The fraction of sp³-hybridized carbons (Fsp3) is 0.630. The van der Waals surface area contributed by atoms with E-state index in [-0.39, 0.29) is 35.6 Å². The first-order valence-electron chi connectivity index (χ1n) is 11.8. The fourth-order valence-corrected chi connectivity index (χ4v) is 6.29. The zero-order valence-corrected chi connectivity index (χ0v) is 20.1. The number of carbonyl (C=O) groups excluding carboxylic acids is 2. The number of aliphatic hydroxyl groups excluding tert-OH is 1. The molecule has 3 aliphatic rings. The molecule has 0 spiro atoms. The fourth-order valence-electron chi connectivity index (χ4n) is 6.29. The lowest BCUT2D eigenvalue weighted by molar-refractivity contribution is -0.150. The van der Waals surface area contributed by atoms with Crippen molar-refractivity contribution in [3.63, 3.8) is 0 Å². The number of aliphatic hydroxyl groups is 2. The third kappa shape index (κ3) is 4.29. The molecule has 1 unspecified atom stereocenters. The second kappa shape index (κ2) is 8.45. The van der Waals surface area contributed by atoms with Gasteiger partial charge in [-0.3, -0.25) is 9.59 Å². The summed E-state index contributed by atoms with van der Waals surface area (Å²) in [4.78, 5) is 24.3. The van der Waals surface area contributed by atoms with Crippen molar-refractivity contribution in [2.75, 3.05) is 0 Å². The molecule has 7 atom stereocenters. The molecule has 1 aromatic rings. The lowest BCUT2D eigenvalue weighted by atomic mass is 9.58. The van der Waals surface area contributed by atoms with Crippen LogP contribution in [0.25, 0.3) is 0 Å². The van der Waals surface area contributed by atoms with Gasteiger partial charge in [-0.25, -0.2) is 0 Å². The number of benzene rings is 1. The molecular formula is C27H34O6. The Morgan fingerprint density at radius 1 is 1.15 bits per heavy atom. The molecule has 0 aromatic heterocycles. The predicted molar refractivity (Wildman–Crippen MR) is 122 cm³/mol. The Bertz CT molecular complexity index is 1010. The Kier molecular flexibility index (Phi) is 6.09. The van der Waals surface area contributed by atoms with E-state index in [1.165, 1.54) is 6.92 Å².